The number of nitrogens with zero attached hydrogens (tertiary/aromatic N) is 3. The maximum atomic E-state index is 15.1. The molecule has 2 heterocycles. The van der Waals surface area contributed by atoms with Crippen molar-refractivity contribution in [2.75, 3.05) is 16.0 Å². The van der Waals surface area contributed by atoms with Gasteiger partial charge in [-0.1, -0.05) is 28.8 Å². The van der Waals surface area contributed by atoms with Crippen molar-refractivity contribution in [2.45, 2.75) is 43.8 Å². The number of carbonyl (C=O) groups is 1. The first kappa shape index (κ1) is 26.9. The van der Waals surface area contributed by atoms with Crippen molar-refractivity contribution in [3.8, 4) is 11.5 Å². The van der Waals surface area contributed by atoms with Gasteiger partial charge in [0.1, 0.15) is 5.82 Å². The molecule has 3 aromatic rings. The fourth-order valence-corrected chi connectivity index (χ4v) is 5.21. The Labute approximate surface area is 213 Å². The van der Waals surface area contributed by atoms with Gasteiger partial charge in [-0.3, -0.25) is 4.79 Å². The van der Waals surface area contributed by atoms with Crippen molar-refractivity contribution >= 4 is 51.5 Å². The number of halogens is 3. The second-order valence-electron chi connectivity index (χ2n) is 9.03. The Morgan fingerprint density at radius 2 is 1.89 bits per heavy atom. The molecule has 1 atom stereocenters. The zero-order valence-electron chi connectivity index (χ0n) is 19.1. The number of fused-ring (bicyclic) bond motifs is 1. The Hall–Kier alpha value is -2.73. The summed E-state index contributed by atoms with van der Waals surface area (Å²) in [4.78, 5) is 14.0. The predicted molar refractivity (Wildman–Crippen MR) is 133 cm³/mol. The summed E-state index contributed by atoms with van der Waals surface area (Å²) in [6, 6.07) is 7.54. The fourth-order valence-electron chi connectivity index (χ4n) is 3.52. The average molecular weight is 544 g/mol. The van der Waals surface area contributed by atoms with Crippen molar-refractivity contribution in [1.29, 1.82) is 0 Å². The first-order chi connectivity index (χ1) is 15.8. The van der Waals surface area contributed by atoms with Crippen LogP contribution in [0.2, 0.25) is 5.02 Å². The molecular weight excluding hydrogens is 520 g/mol. The van der Waals surface area contributed by atoms with Crippen LogP contribution >= 0.6 is 24.0 Å². The van der Waals surface area contributed by atoms with Crippen LogP contribution in [0.25, 0.3) is 11.5 Å². The van der Waals surface area contributed by atoms with E-state index in [1.807, 2.05) is 20.8 Å². The minimum atomic E-state index is -4.06. The molecule has 188 valence electrons. The van der Waals surface area contributed by atoms with Crippen LogP contribution in [0.5, 0.6) is 0 Å². The van der Waals surface area contributed by atoms with Crippen LogP contribution in [0.4, 0.5) is 16.1 Å². The smallest absolute Gasteiger partial charge is 0.316 e. The van der Waals surface area contributed by atoms with Gasteiger partial charge in [0, 0.05) is 10.6 Å². The van der Waals surface area contributed by atoms with E-state index in [1.54, 1.807) is 24.3 Å². The van der Waals surface area contributed by atoms with Crippen molar-refractivity contribution in [1.82, 2.24) is 10.2 Å². The lowest BCUT2D eigenvalue weighted by atomic mass is 10.1. The molecule has 0 saturated carbocycles. The van der Waals surface area contributed by atoms with Crippen molar-refractivity contribution < 1.29 is 22.0 Å². The van der Waals surface area contributed by atoms with Crippen LogP contribution in [0, 0.1) is 5.82 Å². The molecule has 0 fully saturated rings. The van der Waals surface area contributed by atoms with Crippen molar-refractivity contribution in [3.63, 3.8) is 0 Å². The van der Waals surface area contributed by atoms with E-state index < -0.39 is 33.4 Å². The molecular formula is C22H24Cl2FN5O4S. The van der Waals surface area contributed by atoms with Crippen LogP contribution in [0.1, 0.15) is 26.3 Å². The number of benzene rings is 2. The zero-order valence-corrected chi connectivity index (χ0v) is 21.5. The third kappa shape index (κ3) is 5.75. The number of hydrogen-bond donors (Lipinski definition) is 2. The summed E-state index contributed by atoms with van der Waals surface area (Å²) in [6.45, 7) is 5.65. The van der Waals surface area contributed by atoms with Crippen LogP contribution in [-0.2, 0) is 21.2 Å². The number of hydrogen-bond acceptors (Lipinski definition) is 8. The first-order valence-corrected chi connectivity index (χ1v) is 12.4. The normalized spacial score (nSPS) is 17.4. The molecule has 35 heavy (non-hydrogen) atoms. The Morgan fingerprint density at radius 1 is 1.23 bits per heavy atom. The van der Waals surface area contributed by atoms with Gasteiger partial charge in [-0.25, -0.2) is 12.8 Å². The first-order valence-electron chi connectivity index (χ1n) is 10.3. The molecule has 1 aliphatic heterocycles. The zero-order chi connectivity index (χ0) is 24.8. The van der Waals surface area contributed by atoms with Gasteiger partial charge < -0.3 is 20.4 Å². The van der Waals surface area contributed by atoms with Crippen LogP contribution in [-0.4, -0.2) is 41.9 Å². The van der Waals surface area contributed by atoms with E-state index in [4.69, 9.17) is 21.8 Å². The Kier molecular flexibility index (Phi) is 7.47. The average Bonchev–Trinajstić information content (AvgIpc) is 3.16. The van der Waals surface area contributed by atoms with E-state index >= 15 is 4.39 Å². The summed E-state index contributed by atoms with van der Waals surface area (Å²) in [5.74, 6) is -2.32. The Balaban J connectivity index is 0.00000342. The van der Waals surface area contributed by atoms with Crippen LogP contribution < -0.4 is 16.0 Å². The lowest BCUT2D eigenvalue weighted by molar-refractivity contribution is -0.119. The monoisotopic (exact) mass is 543 g/mol. The number of aromatic nitrogens is 2. The summed E-state index contributed by atoms with van der Waals surface area (Å²) in [7, 11) is -4.06. The van der Waals surface area contributed by atoms with Gasteiger partial charge in [-0.05, 0) is 50.6 Å². The van der Waals surface area contributed by atoms with E-state index in [9.17, 15) is 13.2 Å². The van der Waals surface area contributed by atoms with E-state index in [2.05, 4.69) is 15.5 Å². The number of nitrogens with one attached hydrogen (secondary N) is 1. The molecule has 0 bridgehead atoms. The number of nitrogens with two attached hydrogens (primary N) is 1. The molecule has 1 aromatic heterocycles. The van der Waals surface area contributed by atoms with Crippen LogP contribution in [0.15, 0.2) is 45.7 Å². The number of amides is 1. The highest BCUT2D eigenvalue weighted by Crippen LogP contribution is 2.37. The summed E-state index contributed by atoms with van der Waals surface area (Å²) in [6.07, 6.45) is 0. The summed E-state index contributed by atoms with van der Waals surface area (Å²) >= 11 is 5.95. The molecule has 2 aromatic carbocycles. The van der Waals surface area contributed by atoms with Crippen molar-refractivity contribution in [3.05, 3.63) is 52.8 Å². The fraction of sp³-hybridized carbons (Fsp3) is 0.318. The standard InChI is InChI=1S/C22H23ClFN5O4S.ClH/c1-22(2,3)26-21-28-27-19(33-21)14-8-17-18(9-15(14)24)34(31,32)11-16(25)20(30)29(17)10-12-4-6-13(23)7-5-12;/h4-9,16H,10-11,25H2,1-3H3,(H,26,28);1H/t16-;/m0./s1. The molecule has 3 N–H and O–H groups in total. The maximum absolute atomic E-state index is 15.1. The highest BCUT2D eigenvalue weighted by molar-refractivity contribution is 7.91. The number of sulfone groups is 1. The van der Waals surface area contributed by atoms with Gasteiger partial charge in [0.25, 0.3) is 5.89 Å². The van der Waals surface area contributed by atoms with Gasteiger partial charge in [0.15, 0.2) is 9.84 Å². The SMILES string of the molecule is CC(C)(C)Nc1nnc(-c2cc3c(cc2F)S(=O)(=O)C[C@H](N)C(=O)N3Cc2ccc(Cl)cc2)o1.Cl. The van der Waals surface area contributed by atoms with E-state index in [1.165, 1.54) is 11.0 Å². The van der Waals surface area contributed by atoms with E-state index in [0.29, 0.717) is 10.6 Å². The molecule has 0 unspecified atom stereocenters. The van der Waals surface area contributed by atoms with Gasteiger partial charge in [-0.15, -0.1) is 17.5 Å². The van der Waals surface area contributed by atoms with Gasteiger partial charge in [0.2, 0.25) is 5.91 Å². The summed E-state index contributed by atoms with van der Waals surface area (Å²) in [5, 5.41) is 11.2. The largest absolute Gasteiger partial charge is 0.403 e. The summed E-state index contributed by atoms with van der Waals surface area (Å²) in [5.41, 5.74) is 6.04. The predicted octanol–water partition coefficient (Wildman–Crippen LogP) is 3.81. The quantitative estimate of drug-likeness (QED) is 0.507. The van der Waals surface area contributed by atoms with Crippen molar-refractivity contribution in [2.24, 2.45) is 5.73 Å². The molecule has 0 aliphatic carbocycles. The minimum absolute atomic E-state index is 0. The Bertz CT molecular complexity index is 1360. The van der Waals surface area contributed by atoms with Crippen LogP contribution in [0.3, 0.4) is 0 Å². The Morgan fingerprint density at radius 3 is 2.51 bits per heavy atom. The molecule has 1 aliphatic rings. The molecule has 4 rings (SSSR count). The second-order valence-corrected chi connectivity index (χ2v) is 11.5. The third-order valence-electron chi connectivity index (χ3n) is 5.05. The molecule has 9 nitrogen and oxygen atoms in total. The highest BCUT2D eigenvalue weighted by atomic mass is 35.5. The number of anilines is 2. The third-order valence-corrected chi connectivity index (χ3v) is 7.10. The minimum Gasteiger partial charge on any atom is -0.403 e. The maximum Gasteiger partial charge on any atom is 0.316 e. The highest BCUT2D eigenvalue weighted by Gasteiger charge is 2.37. The van der Waals surface area contributed by atoms with Gasteiger partial charge >= 0.3 is 6.01 Å². The topological polar surface area (TPSA) is 131 Å². The number of carbonyl (C=O) groups excluding carboxylic acids is 1. The molecule has 0 radical (unpaired) electrons. The molecule has 0 spiro atoms. The lowest BCUT2D eigenvalue weighted by Gasteiger charge is -2.24. The van der Waals surface area contributed by atoms with E-state index in [0.717, 1.165) is 6.07 Å². The van der Waals surface area contributed by atoms with Gasteiger partial charge in [-0.2, -0.15) is 0 Å². The lowest BCUT2D eigenvalue weighted by Crippen LogP contribution is -2.45. The molecule has 1 amide bonds. The van der Waals surface area contributed by atoms with Gasteiger partial charge in [0.05, 0.1) is 34.5 Å². The van der Waals surface area contributed by atoms with E-state index in [-0.39, 0.29) is 52.5 Å². The molecule has 0 saturated heterocycles. The number of rotatable bonds is 4. The molecule has 13 heteroatoms. The summed E-state index contributed by atoms with van der Waals surface area (Å²) < 4.78 is 46.6. The second kappa shape index (κ2) is 9.73.